The summed E-state index contributed by atoms with van der Waals surface area (Å²) in [6, 6.07) is 165. The van der Waals surface area contributed by atoms with Gasteiger partial charge in [0.15, 0.2) is 0 Å². The molecule has 0 atom stereocenters. The minimum absolute atomic E-state index is 0.835. The van der Waals surface area contributed by atoms with Gasteiger partial charge in [-0.05, 0) is 227 Å². The number of hydrogen-bond acceptors (Lipinski definition) is 4. The maximum absolute atomic E-state index is 6.94. The van der Waals surface area contributed by atoms with Gasteiger partial charge in [-0.3, -0.25) is 0 Å². The molecule has 0 saturated heterocycles. The topological polar surface area (TPSA) is 42.6 Å². The van der Waals surface area contributed by atoms with Gasteiger partial charge < -0.3 is 27.8 Å². The van der Waals surface area contributed by atoms with Gasteiger partial charge in [0, 0.05) is 76.4 Å². The van der Waals surface area contributed by atoms with Crippen LogP contribution in [0.1, 0.15) is 0 Å². The molecule has 124 heavy (non-hydrogen) atoms. The Labute approximate surface area is 714 Å². The first-order valence-corrected chi connectivity index (χ1v) is 42.5. The van der Waals surface area contributed by atoms with Crippen LogP contribution in [0.3, 0.4) is 0 Å². The molecule has 0 amide bonds. The average Bonchev–Trinajstić information content (AvgIpc) is 1.55. The maximum atomic E-state index is 6.94. The molecule has 4 heterocycles. The fourth-order valence-corrected chi connectivity index (χ4v) is 19.9. The first-order chi connectivity index (χ1) is 61.5. The Balaban J connectivity index is 0.681. The molecule has 25 aromatic rings. The molecule has 0 unspecified atom stereocenters. The minimum atomic E-state index is 0.835. The Kier molecular flexibility index (Phi) is 16.3. The first kappa shape index (κ1) is 70.5. The van der Waals surface area contributed by atoms with Crippen molar-refractivity contribution < 1.29 is 8.83 Å². The monoisotopic (exact) mass is 1580 g/mol. The summed E-state index contributed by atoms with van der Waals surface area (Å²) >= 11 is 0. The highest BCUT2D eigenvalue weighted by atomic mass is 16.3. The lowest BCUT2D eigenvalue weighted by Gasteiger charge is -2.31. The fraction of sp³-hybridized carbons (Fsp3) is 0. The van der Waals surface area contributed by atoms with Crippen LogP contribution in [0.4, 0.5) is 34.1 Å². The third-order valence-corrected chi connectivity index (χ3v) is 25.7. The molecular weight excluding hydrogens is 1510 g/mol. The van der Waals surface area contributed by atoms with Crippen LogP contribution in [0.15, 0.2) is 458 Å². The van der Waals surface area contributed by atoms with E-state index in [1.165, 1.54) is 49.0 Å². The van der Waals surface area contributed by atoms with Crippen LogP contribution in [0.2, 0.25) is 0 Å². The average molecular weight is 1580 g/mol. The smallest absolute Gasteiger partial charge is 0.143 e. The highest BCUT2D eigenvalue weighted by Crippen LogP contribution is 2.52. The zero-order chi connectivity index (χ0) is 81.5. The SMILES string of the molecule is c1cc(-c2ccc(N(c3ccc(-c4ccc5c(c4)c4ccccc4n5-c4ccccc4N(c4cccc(-c5cccc6ccccc56)c4)c4ccccc4-c4ccc5oc6c7ccccc7ccc6c5c4)cc3-c3ccc4oc5c6ccccc6ccc5c4c3)c3ccccc3-n3c4ccccc4c4ccccc43)cc2)cc(-c2cccc3ccccc23)c1. The van der Waals surface area contributed by atoms with Gasteiger partial charge in [-0.15, -0.1) is 0 Å². The summed E-state index contributed by atoms with van der Waals surface area (Å²) in [5.41, 5.74) is 29.4. The van der Waals surface area contributed by atoms with Crippen LogP contribution in [0.5, 0.6) is 0 Å². The molecule has 25 rings (SSSR count). The fourth-order valence-electron chi connectivity index (χ4n) is 19.9. The molecular formula is C118H74N4O2. The third kappa shape index (κ3) is 11.4. The van der Waals surface area contributed by atoms with Gasteiger partial charge in [0.25, 0.3) is 0 Å². The lowest BCUT2D eigenvalue weighted by atomic mass is 9.94. The summed E-state index contributed by atoms with van der Waals surface area (Å²) in [7, 11) is 0. The summed E-state index contributed by atoms with van der Waals surface area (Å²) < 4.78 is 18.6. The molecule has 0 N–H and O–H groups in total. The Bertz CT molecular complexity index is 8610. The molecule has 0 radical (unpaired) electrons. The number of furan rings is 2. The summed E-state index contributed by atoms with van der Waals surface area (Å²) in [5, 5.41) is 18.3. The number of benzene rings is 21. The number of para-hydroxylation sites is 8. The summed E-state index contributed by atoms with van der Waals surface area (Å²) in [5.74, 6) is 0. The highest BCUT2D eigenvalue weighted by Gasteiger charge is 2.29. The zero-order valence-electron chi connectivity index (χ0n) is 67.3. The van der Waals surface area contributed by atoms with Crippen molar-refractivity contribution in [1.29, 1.82) is 0 Å². The van der Waals surface area contributed by atoms with Crippen LogP contribution >= 0.6 is 0 Å². The standard InChI is InChI=1S/C118H74N4O2/c1-5-35-89-76(25-1)29-23-43-91(89)83-32-21-31-80(69-83)75-53-61-87(62-54-75)119(111-49-17-19-51-113(111)121-106-46-14-10-40-96(106)97-41-11-15-47-107(97)121)109-65-57-81(71-101(109)86-60-68-116-104(74-86)100-64-56-79-28-4-8-39-95(79)118(100)124-116)82-58-66-110-102(72-82)98-42-12-16-48-108(98)122(110)114-52-20-18-50-112(114)120(88-34-22-33-84(70-88)92-44-24-30-77-26-2-6-36-90(77)92)105-45-13-9-37-93(105)85-59-67-115-103(73-85)99-63-55-78-27-3-7-38-94(78)117(99)123-115/h1-74H. The molecule has 0 fully saturated rings. The van der Waals surface area contributed by atoms with Crippen LogP contribution in [0.25, 0.3) is 209 Å². The van der Waals surface area contributed by atoms with E-state index >= 15 is 0 Å². The number of fused-ring (bicyclic) bond motifs is 18. The molecule has 0 aliphatic rings. The van der Waals surface area contributed by atoms with E-state index in [1.807, 2.05) is 0 Å². The van der Waals surface area contributed by atoms with E-state index in [2.05, 4.69) is 468 Å². The van der Waals surface area contributed by atoms with Crippen molar-refractivity contribution in [3.8, 4) is 78.1 Å². The number of aromatic nitrogens is 2. The van der Waals surface area contributed by atoms with Crippen molar-refractivity contribution in [1.82, 2.24) is 9.13 Å². The van der Waals surface area contributed by atoms with Gasteiger partial charge in [-0.1, -0.05) is 309 Å². The van der Waals surface area contributed by atoms with Crippen LogP contribution in [-0.2, 0) is 0 Å². The van der Waals surface area contributed by atoms with Gasteiger partial charge in [0.2, 0.25) is 0 Å². The largest absolute Gasteiger partial charge is 0.455 e. The number of hydrogen-bond donors (Lipinski definition) is 0. The maximum Gasteiger partial charge on any atom is 0.143 e. The normalized spacial score (nSPS) is 11.9. The van der Waals surface area contributed by atoms with Crippen LogP contribution in [0, 0.1) is 0 Å². The summed E-state index contributed by atoms with van der Waals surface area (Å²) in [6.07, 6.45) is 0. The zero-order valence-corrected chi connectivity index (χ0v) is 67.3. The third-order valence-electron chi connectivity index (χ3n) is 25.7. The van der Waals surface area contributed by atoms with Gasteiger partial charge in [0.05, 0.1) is 56.2 Å². The molecule has 4 aromatic heterocycles. The van der Waals surface area contributed by atoms with Crippen molar-refractivity contribution >= 4 is 165 Å². The van der Waals surface area contributed by atoms with Crippen molar-refractivity contribution in [2.24, 2.45) is 0 Å². The van der Waals surface area contributed by atoms with Crippen LogP contribution in [-0.4, -0.2) is 9.13 Å². The van der Waals surface area contributed by atoms with E-state index in [1.54, 1.807) is 0 Å². The van der Waals surface area contributed by atoms with Gasteiger partial charge in [0.1, 0.15) is 22.3 Å². The van der Waals surface area contributed by atoms with Gasteiger partial charge in [-0.25, -0.2) is 0 Å². The van der Waals surface area contributed by atoms with E-state index in [0.717, 1.165) is 194 Å². The van der Waals surface area contributed by atoms with E-state index < -0.39 is 0 Å². The predicted octanol–water partition coefficient (Wildman–Crippen LogP) is 33.2. The Hall–Kier alpha value is -16.5. The molecule has 6 nitrogen and oxygen atoms in total. The Morgan fingerprint density at radius 3 is 1.11 bits per heavy atom. The van der Waals surface area contributed by atoms with Crippen molar-refractivity contribution in [2.75, 3.05) is 9.80 Å². The number of rotatable bonds is 14. The lowest BCUT2D eigenvalue weighted by molar-refractivity contribution is 0.672. The second-order valence-electron chi connectivity index (χ2n) is 32.5. The lowest BCUT2D eigenvalue weighted by Crippen LogP contribution is -2.14. The number of nitrogens with zero attached hydrogens (tertiary/aromatic N) is 4. The van der Waals surface area contributed by atoms with Crippen LogP contribution < -0.4 is 9.80 Å². The molecule has 578 valence electrons. The summed E-state index contributed by atoms with van der Waals surface area (Å²) in [6.45, 7) is 0. The quantitative estimate of drug-likeness (QED) is 0.109. The molecule has 0 saturated carbocycles. The molecule has 0 bridgehead atoms. The second-order valence-corrected chi connectivity index (χ2v) is 32.5. The summed E-state index contributed by atoms with van der Waals surface area (Å²) in [4.78, 5) is 4.98. The minimum Gasteiger partial charge on any atom is -0.455 e. The molecule has 21 aromatic carbocycles. The van der Waals surface area contributed by atoms with Gasteiger partial charge >= 0.3 is 0 Å². The van der Waals surface area contributed by atoms with Crippen molar-refractivity contribution in [3.05, 3.63) is 449 Å². The van der Waals surface area contributed by atoms with E-state index in [4.69, 9.17) is 8.83 Å². The van der Waals surface area contributed by atoms with Gasteiger partial charge in [-0.2, -0.15) is 0 Å². The predicted molar refractivity (Wildman–Crippen MR) is 522 cm³/mol. The number of anilines is 6. The first-order valence-electron chi connectivity index (χ1n) is 42.5. The van der Waals surface area contributed by atoms with E-state index in [9.17, 15) is 0 Å². The molecule has 0 aliphatic heterocycles. The molecule has 0 spiro atoms. The molecule has 0 aliphatic carbocycles. The Morgan fingerprint density at radius 2 is 0.532 bits per heavy atom. The van der Waals surface area contributed by atoms with Crippen molar-refractivity contribution in [2.45, 2.75) is 0 Å². The van der Waals surface area contributed by atoms with E-state index in [0.29, 0.717) is 0 Å². The highest BCUT2D eigenvalue weighted by molar-refractivity contribution is 6.19. The second kappa shape index (κ2) is 28.6. The Morgan fingerprint density at radius 1 is 0.169 bits per heavy atom. The van der Waals surface area contributed by atoms with Crippen molar-refractivity contribution in [3.63, 3.8) is 0 Å². The van der Waals surface area contributed by atoms with E-state index in [-0.39, 0.29) is 0 Å². The molecule has 6 heteroatoms.